The zero-order valence-electron chi connectivity index (χ0n) is 65.9. The molecule has 0 unspecified atom stereocenters. The summed E-state index contributed by atoms with van der Waals surface area (Å²) < 4.78 is 615. The maximum absolute atomic E-state index is 14.0. The predicted molar refractivity (Wildman–Crippen MR) is 287 cm³/mol. The molecule has 99 heteroatoms. The molecule has 0 bridgehead atoms. The first-order valence-corrected chi connectivity index (χ1v) is 45.4. The molecular formula is C27H35N2Na15O67S15. The Morgan fingerprint density at radius 2 is 0.500 bits per heavy atom. The molecule has 0 aromatic rings. The number of aliphatic hydroxyl groups is 1. The molecule has 18 atom stereocenters. The molecule has 0 spiro atoms. The van der Waals surface area contributed by atoms with E-state index in [0.717, 1.165) is 0 Å². The Kier molecular flexibility index (Phi) is 93.5. The average molecular weight is 2290 g/mol. The summed E-state index contributed by atoms with van der Waals surface area (Å²) in [6.07, 6.45) is -74.5. The van der Waals surface area contributed by atoms with Gasteiger partial charge in [0.2, 0.25) is 156 Å². The van der Waals surface area contributed by atoms with E-state index in [2.05, 4.69) is 62.7 Å². The molecule has 2 amide bonds. The standard InChI is InChI=1S/C27H50N2O67S15.15Na/c30-4-8-14(87-102(48,49)50)18(91-106(60,61)62)22(95-110(72,73)74)26(81-8)83-12(10(85-100(42,43)44)6-79-98(36,37)38)16(89-104(54,55)56)20(93-108(66,67)68)24(31)28-2-1-3-29-25(32)21(94-109(69,70)71)17(90-105(57,58)59)13(11(86-101(45,46)47)7-80-99(39,40)41)84-27-23(96-111(75,76)77)19(92-107(63,64)65)15(88-103(51,52)53)9(82-27)5-78-97(33,34)35;;;;;;;;;;;;;;;/h8-23,26-27,30H,1-7H2,(H,28,31)(H,29,32)(H,33,34,35)(H,36,37,38)(H,39,40,41)(H,42,43,44)(H,45,46,47)(H,48,49,50)(H,51,52,53)(H,54,55,56)(H,57,58,59)(H,60,61,62)(H,63,64,65)(H,66,67,68)(H,69,70,71)(H,72,73,74)(H,75,76,77);;;;;;;;;;;;;;;/q;15*+1/p-15/t8-,9+,10-,11+,12-,13+,14+,15-,16+,17-,18+,19-,20-,21+,22-,23+,26+,27-;;;;;;;;;;;;;;;/m0.............../s1. The fourth-order valence-electron chi connectivity index (χ4n) is 8.19. The van der Waals surface area contributed by atoms with Gasteiger partial charge in [0.05, 0.1) is 26.4 Å². The molecule has 0 radical (unpaired) electrons. The molecule has 126 heavy (non-hydrogen) atoms. The van der Waals surface area contributed by atoms with Gasteiger partial charge in [-0.05, 0) is 6.42 Å². The summed E-state index contributed by atoms with van der Waals surface area (Å²) >= 11 is 0. The largest absolute Gasteiger partial charge is 1.00 e. The fourth-order valence-corrected chi connectivity index (χ4v) is 14.8. The van der Waals surface area contributed by atoms with E-state index >= 15 is 0 Å². The number of hydrogen-bond donors (Lipinski definition) is 3. The van der Waals surface area contributed by atoms with Crippen LogP contribution in [0.1, 0.15) is 6.42 Å². The summed E-state index contributed by atoms with van der Waals surface area (Å²) in [7, 11) is -103. The molecule has 0 aromatic carbocycles. The number of hydrogen-bond acceptors (Lipinski definition) is 67. The van der Waals surface area contributed by atoms with Crippen LogP contribution in [0.4, 0.5) is 0 Å². The molecule has 2 aliphatic heterocycles. The Labute approximate surface area is 1050 Å². The van der Waals surface area contributed by atoms with Crippen molar-refractivity contribution in [3.63, 3.8) is 0 Å². The van der Waals surface area contributed by atoms with Crippen LogP contribution in [0.3, 0.4) is 0 Å². The van der Waals surface area contributed by atoms with Crippen molar-refractivity contribution in [2.45, 2.75) is 117 Å². The molecule has 2 heterocycles. The van der Waals surface area contributed by atoms with E-state index in [0.29, 0.717) is 0 Å². The van der Waals surface area contributed by atoms with Gasteiger partial charge in [0.15, 0.2) is 37.0 Å². The quantitative estimate of drug-likeness (QED) is 0.0220. The van der Waals surface area contributed by atoms with E-state index in [1.54, 1.807) is 0 Å². The summed E-state index contributed by atoms with van der Waals surface area (Å²) in [5.41, 5.74) is 0. The zero-order valence-corrected chi connectivity index (χ0v) is 108. The van der Waals surface area contributed by atoms with Crippen LogP contribution in [0.15, 0.2) is 0 Å². The molecule has 660 valence electrons. The van der Waals surface area contributed by atoms with Gasteiger partial charge >= 0.3 is 443 Å². The summed E-state index contributed by atoms with van der Waals surface area (Å²) in [6, 6.07) is 0. The van der Waals surface area contributed by atoms with Crippen LogP contribution in [-0.2, 0) is 247 Å². The molecule has 69 nitrogen and oxygen atoms in total. The van der Waals surface area contributed by atoms with Crippen LogP contribution in [0.2, 0.25) is 0 Å². The van der Waals surface area contributed by atoms with Crippen molar-refractivity contribution in [3.05, 3.63) is 0 Å². The number of ether oxygens (including phenoxy) is 4. The zero-order chi connectivity index (χ0) is 86.8. The first kappa shape index (κ1) is 168. The minimum atomic E-state index is -7.29. The first-order valence-electron chi connectivity index (χ1n) is 25.4. The number of nitrogens with one attached hydrogen (secondary N) is 2. The van der Waals surface area contributed by atoms with Crippen LogP contribution in [0, 0.1) is 0 Å². The van der Waals surface area contributed by atoms with Crippen LogP contribution in [0.5, 0.6) is 0 Å². The van der Waals surface area contributed by atoms with Gasteiger partial charge in [0.1, 0.15) is 73.2 Å². The SMILES string of the molecule is O=C(NCCCNC(=O)[C@H](OS(=O)(=O)[O-])[C@@H](OS(=O)(=O)[O-])[C@H](O[C@@H]1O[C@H](COS(=O)(=O)[O-])[C@H](OS(=O)(=O)[O-])[C@H](OS(=O)(=O)[O-])[C@H]1OS(=O)(=O)[O-])[C@@H](COS(=O)(=O)[O-])OS(=O)(=O)[O-])[C@@H](OS(=O)(=O)[O-])[C@H](OS(=O)(=O)[O-])[C@@H](O[C@H]1O[C@@H](CO)[C@@H](OS(=O)(=O)[O-])[C@@H](OS(=O)(=O)[O-])[C@@H]1OS(=O)(=O)[O-])[C@H](COS(=O)(=O)[O-])OS(=O)(=O)[O-].[Na+].[Na+].[Na+].[Na+].[Na+].[Na+].[Na+].[Na+].[Na+].[Na+].[Na+].[Na+].[Na+].[Na+].[Na+]. The van der Waals surface area contributed by atoms with Crippen LogP contribution in [-0.4, -0.2) is 361 Å². The van der Waals surface area contributed by atoms with Gasteiger partial charge < -0.3 is 103 Å². The number of carbonyl (C=O) groups is 2. The van der Waals surface area contributed by atoms with Gasteiger partial charge in [-0.25, -0.2) is 126 Å². The van der Waals surface area contributed by atoms with Crippen LogP contribution in [0.25, 0.3) is 0 Å². The first-order chi connectivity index (χ1) is 49.1. The third kappa shape index (κ3) is 76.3. The van der Waals surface area contributed by atoms with Crippen LogP contribution >= 0.6 is 0 Å². The summed E-state index contributed by atoms with van der Waals surface area (Å²) in [5, 5.41) is 12.4. The maximum atomic E-state index is 14.0. The second-order valence-electron chi connectivity index (χ2n) is 19.2. The van der Waals surface area contributed by atoms with Crippen molar-refractivity contribution in [2.75, 3.05) is 39.5 Å². The second-order valence-corrected chi connectivity index (χ2v) is 34.4. The molecule has 2 rings (SSSR count). The Hall–Kier alpha value is 11.8. The predicted octanol–water partition coefficient (Wildman–Crippen LogP) is -64.5. The number of carbonyl (C=O) groups excluding carboxylic acids is 2. The molecule has 2 saturated heterocycles. The summed E-state index contributed by atoms with van der Waals surface area (Å²) in [4.78, 5) is 28.0. The average Bonchev–Trinajstić information content (AvgIpc) is 0.764. The van der Waals surface area contributed by atoms with Crippen molar-refractivity contribution in [1.82, 2.24) is 10.6 Å². The van der Waals surface area contributed by atoms with E-state index in [1.807, 2.05) is 0 Å². The van der Waals surface area contributed by atoms with E-state index in [9.17, 15) is 209 Å². The van der Waals surface area contributed by atoms with Crippen molar-refractivity contribution in [3.8, 4) is 0 Å². The Balaban J connectivity index is -0.000000697. The maximum Gasteiger partial charge on any atom is 1.00 e. The van der Waals surface area contributed by atoms with Gasteiger partial charge in [-0.3, -0.25) is 72.3 Å². The van der Waals surface area contributed by atoms with Crippen molar-refractivity contribution >= 4 is 168 Å². The molecule has 0 saturated carbocycles. The van der Waals surface area contributed by atoms with Crippen molar-refractivity contribution < 1.29 is 734 Å². The molecule has 2 fully saturated rings. The minimum absolute atomic E-state index is 0. The number of rotatable bonds is 50. The molecule has 3 N–H and O–H groups in total. The monoisotopic (exact) mass is 2280 g/mol. The van der Waals surface area contributed by atoms with E-state index in [-0.39, 0.29) is 443 Å². The smallest absolute Gasteiger partial charge is 0.726 e. The Morgan fingerprint density at radius 1 is 0.278 bits per heavy atom. The fraction of sp³-hybridized carbons (Fsp3) is 0.926. The van der Waals surface area contributed by atoms with E-state index in [4.69, 9.17) is 18.9 Å². The summed E-state index contributed by atoms with van der Waals surface area (Å²) in [5.74, 6) is -5.78. The van der Waals surface area contributed by atoms with Gasteiger partial charge in [-0.1, -0.05) is 0 Å². The normalized spacial score (nSPS) is 21.7. The van der Waals surface area contributed by atoms with Crippen LogP contribution < -0.4 is 454 Å². The molecule has 2 aliphatic rings. The van der Waals surface area contributed by atoms with E-state index < -0.39 is 324 Å². The van der Waals surface area contributed by atoms with Crippen molar-refractivity contribution in [1.29, 1.82) is 0 Å². The summed E-state index contributed by atoms with van der Waals surface area (Å²) in [6.45, 7) is -13.9. The molecule has 0 aromatic heterocycles. The number of amides is 2. The molecular weight excluding hydrogens is 2250 g/mol. The molecule has 0 aliphatic carbocycles. The van der Waals surface area contributed by atoms with Gasteiger partial charge in [0.25, 0.3) is 11.8 Å². The van der Waals surface area contributed by atoms with Crippen molar-refractivity contribution in [2.24, 2.45) is 0 Å². The van der Waals surface area contributed by atoms with Gasteiger partial charge in [-0.15, -0.1) is 0 Å². The van der Waals surface area contributed by atoms with Gasteiger partial charge in [0, 0.05) is 13.1 Å². The third-order valence-corrected chi connectivity index (χ3v) is 18.1. The third-order valence-electron chi connectivity index (χ3n) is 11.3. The second kappa shape index (κ2) is 70.0. The number of aliphatic hydroxyl groups excluding tert-OH is 1. The Bertz CT molecular complexity index is 5130. The minimum Gasteiger partial charge on any atom is -0.726 e. The van der Waals surface area contributed by atoms with Gasteiger partial charge in [-0.2, -0.15) is 0 Å². The Morgan fingerprint density at radius 3 is 0.722 bits per heavy atom. The topological polar surface area (TPSA) is 1110 Å². The van der Waals surface area contributed by atoms with E-state index in [1.165, 1.54) is 10.6 Å².